The van der Waals surface area contributed by atoms with Gasteiger partial charge >= 0.3 is 6.18 Å². The molecule has 0 saturated carbocycles. The van der Waals surface area contributed by atoms with E-state index in [0.29, 0.717) is 0 Å². The van der Waals surface area contributed by atoms with Crippen molar-refractivity contribution in [3.8, 4) is 5.75 Å². The van der Waals surface area contributed by atoms with E-state index in [1.54, 1.807) is 12.1 Å². The summed E-state index contributed by atoms with van der Waals surface area (Å²) >= 11 is 0. The van der Waals surface area contributed by atoms with Crippen LogP contribution in [-0.2, 0) is 11.0 Å². The fourth-order valence-electron chi connectivity index (χ4n) is 2.09. The highest BCUT2D eigenvalue weighted by molar-refractivity contribution is 5.97. The van der Waals surface area contributed by atoms with Gasteiger partial charge < -0.3 is 15.8 Å². The number of benzene rings is 2. The number of hydrogen-bond donors (Lipinski definition) is 2. The number of ether oxygens (including phenoxy) is 1. The molecule has 2 amide bonds. The van der Waals surface area contributed by atoms with Crippen LogP contribution >= 0.6 is 0 Å². The molecular weight excluding hydrogens is 337 g/mol. The van der Waals surface area contributed by atoms with Crippen LogP contribution in [-0.4, -0.2) is 17.9 Å². The summed E-state index contributed by atoms with van der Waals surface area (Å²) in [4.78, 5) is 23.5. The molecule has 3 N–H and O–H groups in total. The summed E-state index contributed by atoms with van der Waals surface area (Å²) in [7, 11) is 0. The molecule has 0 fully saturated rings. The average molecular weight is 352 g/mol. The molecule has 0 bridgehead atoms. The van der Waals surface area contributed by atoms with Gasteiger partial charge in [-0.25, -0.2) is 0 Å². The molecule has 0 unspecified atom stereocenters. The third-order valence-corrected chi connectivity index (χ3v) is 3.32. The number of primary amides is 1. The van der Waals surface area contributed by atoms with E-state index < -0.39 is 29.7 Å². The summed E-state index contributed by atoms with van der Waals surface area (Å²) in [5.74, 6) is -1.47. The molecule has 0 aliphatic heterocycles. The molecule has 2 aromatic rings. The molecule has 0 aliphatic rings. The topological polar surface area (TPSA) is 81.4 Å². The van der Waals surface area contributed by atoms with Gasteiger partial charge in [-0.15, -0.1) is 0 Å². The first-order valence-electron chi connectivity index (χ1n) is 7.22. The second-order valence-corrected chi connectivity index (χ2v) is 5.15. The number of alkyl halides is 3. The van der Waals surface area contributed by atoms with E-state index in [-0.39, 0.29) is 17.0 Å². The molecule has 0 aliphatic carbocycles. The molecule has 0 heterocycles. The Morgan fingerprint density at radius 1 is 1.08 bits per heavy atom. The van der Waals surface area contributed by atoms with Crippen LogP contribution in [0.15, 0.2) is 48.5 Å². The number of para-hydroxylation sites is 2. The number of amides is 2. The second kappa shape index (κ2) is 7.25. The van der Waals surface area contributed by atoms with Crippen molar-refractivity contribution in [2.24, 2.45) is 5.73 Å². The van der Waals surface area contributed by atoms with Gasteiger partial charge in [-0.05, 0) is 31.2 Å². The molecule has 8 heteroatoms. The molecule has 2 rings (SSSR count). The monoisotopic (exact) mass is 352 g/mol. The quantitative estimate of drug-likeness (QED) is 0.867. The summed E-state index contributed by atoms with van der Waals surface area (Å²) in [5, 5.41) is 2.19. The standard InChI is InChI=1S/C17H15F3N2O3/c1-10(25-14-9-5-2-6-11(14)15(21)23)16(24)22-13-8-4-3-7-12(13)17(18,19)20/h2-10H,1H3,(H2,21,23)(H,22,24)/t10-/m0/s1. The number of anilines is 1. The second-order valence-electron chi connectivity index (χ2n) is 5.15. The lowest BCUT2D eigenvalue weighted by molar-refractivity contribution is -0.137. The van der Waals surface area contributed by atoms with Gasteiger partial charge in [0, 0.05) is 0 Å². The average Bonchev–Trinajstić information content (AvgIpc) is 2.54. The van der Waals surface area contributed by atoms with Crippen molar-refractivity contribution in [1.29, 1.82) is 0 Å². The Labute approximate surface area is 141 Å². The minimum atomic E-state index is -4.60. The number of nitrogens with two attached hydrogens (primary N) is 1. The number of carbonyl (C=O) groups excluding carboxylic acids is 2. The zero-order valence-corrected chi connectivity index (χ0v) is 13.1. The van der Waals surface area contributed by atoms with E-state index in [9.17, 15) is 22.8 Å². The summed E-state index contributed by atoms with van der Waals surface area (Å²) in [6.45, 7) is 1.35. The molecule has 1 atom stereocenters. The van der Waals surface area contributed by atoms with Crippen molar-refractivity contribution in [2.75, 3.05) is 5.32 Å². The summed E-state index contributed by atoms with van der Waals surface area (Å²) < 4.78 is 44.2. The van der Waals surface area contributed by atoms with Crippen LogP contribution < -0.4 is 15.8 Å². The molecule has 0 spiro atoms. The Balaban J connectivity index is 2.16. The van der Waals surface area contributed by atoms with Gasteiger partial charge in [-0.1, -0.05) is 24.3 Å². The molecule has 0 aromatic heterocycles. The summed E-state index contributed by atoms with van der Waals surface area (Å²) in [6.07, 6.45) is -5.76. The normalized spacial score (nSPS) is 12.3. The third kappa shape index (κ3) is 4.50. The van der Waals surface area contributed by atoms with Crippen molar-refractivity contribution >= 4 is 17.5 Å². The van der Waals surface area contributed by atoms with E-state index in [2.05, 4.69) is 5.32 Å². The van der Waals surface area contributed by atoms with Crippen LogP contribution in [0.2, 0.25) is 0 Å². The van der Waals surface area contributed by atoms with Gasteiger partial charge in [-0.3, -0.25) is 9.59 Å². The van der Waals surface area contributed by atoms with Crippen LogP contribution in [0.1, 0.15) is 22.8 Å². The molecule has 132 valence electrons. The zero-order chi connectivity index (χ0) is 18.6. The van der Waals surface area contributed by atoms with E-state index >= 15 is 0 Å². The van der Waals surface area contributed by atoms with E-state index in [0.717, 1.165) is 12.1 Å². The lowest BCUT2D eigenvalue weighted by Crippen LogP contribution is -2.31. The Morgan fingerprint density at radius 2 is 1.68 bits per heavy atom. The fraction of sp³-hybridized carbons (Fsp3) is 0.176. The van der Waals surface area contributed by atoms with E-state index in [4.69, 9.17) is 10.5 Å². The smallest absolute Gasteiger partial charge is 0.418 e. The number of carbonyl (C=O) groups is 2. The lowest BCUT2D eigenvalue weighted by Gasteiger charge is -2.18. The van der Waals surface area contributed by atoms with Gasteiger partial charge in [0.25, 0.3) is 11.8 Å². The number of rotatable bonds is 5. The maximum atomic E-state index is 13.0. The Kier molecular flexibility index (Phi) is 5.31. The highest BCUT2D eigenvalue weighted by Gasteiger charge is 2.34. The predicted molar refractivity (Wildman–Crippen MR) is 85.1 cm³/mol. The molecule has 0 saturated heterocycles. The third-order valence-electron chi connectivity index (χ3n) is 3.32. The zero-order valence-electron chi connectivity index (χ0n) is 13.1. The lowest BCUT2D eigenvalue weighted by atomic mass is 10.1. The van der Waals surface area contributed by atoms with Crippen molar-refractivity contribution in [2.45, 2.75) is 19.2 Å². The summed E-state index contributed by atoms with van der Waals surface area (Å²) in [5.41, 5.74) is 3.94. The Hall–Kier alpha value is -3.03. The maximum absolute atomic E-state index is 13.0. The van der Waals surface area contributed by atoms with Crippen molar-refractivity contribution < 1.29 is 27.5 Å². The Morgan fingerprint density at radius 3 is 2.32 bits per heavy atom. The SMILES string of the molecule is C[C@H](Oc1ccccc1C(N)=O)C(=O)Nc1ccccc1C(F)(F)F. The van der Waals surface area contributed by atoms with Gasteiger partial charge in [0.15, 0.2) is 6.10 Å². The highest BCUT2D eigenvalue weighted by Crippen LogP contribution is 2.34. The summed E-state index contributed by atoms with van der Waals surface area (Å²) in [6, 6.07) is 10.6. The molecule has 0 radical (unpaired) electrons. The van der Waals surface area contributed by atoms with Gasteiger partial charge in [0.05, 0.1) is 16.8 Å². The predicted octanol–water partition coefficient (Wildman–Crippen LogP) is 3.21. The van der Waals surface area contributed by atoms with Crippen LogP contribution in [0.25, 0.3) is 0 Å². The van der Waals surface area contributed by atoms with Gasteiger partial charge in [0.2, 0.25) is 0 Å². The van der Waals surface area contributed by atoms with Crippen molar-refractivity contribution in [1.82, 2.24) is 0 Å². The number of halogens is 3. The van der Waals surface area contributed by atoms with Crippen LogP contribution in [0, 0.1) is 0 Å². The van der Waals surface area contributed by atoms with Crippen molar-refractivity contribution in [3.05, 3.63) is 59.7 Å². The molecule has 5 nitrogen and oxygen atoms in total. The molecular formula is C17H15F3N2O3. The number of nitrogens with one attached hydrogen (secondary N) is 1. The first-order chi connectivity index (χ1) is 11.7. The van der Waals surface area contributed by atoms with Crippen molar-refractivity contribution in [3.63, 3.8) is 0 Å². The van der Waals surface area contributed by atoms with E-state index in [1.807, 2.05) is 0 Å². The first kappa shape index (κ1) is 18.3. The first-order valence-corrected chi connectivity index (χ1v) is 7.22. The maximum Gasteiger partial charge on any atom is 0.418 e. The van der Waals surface area contributed by atoms with Crippen LogP contribution in [0.3, 0.4) is 0 Å². The fourth-order valence-corrected chi connectivity index (χ4v) is 2.09. The van der Waals surface area contributed by atoms with Crippen LogP contribution in [0.5, 0.6) is 5.75 Å². The largest absolute Gasteiger partial charge is 0.480 e. The molecule has 25 heavy (non-hydrogen) atoms. The highest BCUT2D eigenvalue weighted by atomic mass is 19.4. The van der Waals surface area contributed by atoms with Gasteiger partial charge in [-0.2, -0.15) is 13.2 Å². The van der Waals surface area contributed by atoms with Gasteiger partial charge in [0.1, 0.15) is 5.75 Å². The molecule has 2 aromatic carbocycles. The minimum Gasteiger partial charge on any atom is -0.480 e. The number of hydrogen-bond acceptors (Lipinski definition) is 3. The Bertz CT molecular complexity index is 791. The minimum absolute atomic E-state index is 0.0674. The van der Waals surface area contributed by atoms with Crippen LogP contribution in [0.4, 0.5) is 18.9 Å². The van der Waals surface area contributed by atoms with E-state index in [1.165, 1.54) is 31.2 Å².